The van der Waals surface area contributed by atoms with Crippen molar-refractivity contribution in [2.45, 2.75) is 0 Å². The van der Waals surface area contributed by atoms with E-state index in [1.807, 2.05) is 72.8 Å². The van der Waals surface area contributed by atoms with Crippen LogP contribution in [-0.2, 0) is 0 Å². The minimum Gasteiger partial charge on any atom is -0.456 e. The van der Waals surface area contributed by atoms with Crippen molar-refractivity contribution >= 4 is 54.4 Å². The normalized spacial score (nSPS) is 11.6. The molecule has 5 nitrogen and oxygen atoms in total. The molecule has 0 radical (unpaired) electrons. The highest BCUT2D eigenvalue weighted by Crippen LogP contribution is 2.43. The number of rotatable bonds is 6. The summed E-state index contributed by atoms with van der Waals surface area (Å²) in [4.78, 5) is 20.3. The highest BCUT2D eigenvalue weighted by Gasteiger charge is 2.19. The molecule has 0 unspecified atom stereocenters. The third-order valence-corrected chi connectivity index (χ3v) is 11.7. The van der Waals surface area contributed by atoms with Crippen molar-refractivity contribution in [3.8, 4) is 67.7 Å². The largest absolute Gasteiger partial charge is 0.456 e. The molecule has 3 aromatic heterocycles. The summed E-state index contributed by atoms with van der Waals surface area (Å²) >= 11 is 0. The lowest BCUT2D eigenvalue weighted by atomic mass is 9.91. The minimum atomic E-state index is 0.632. The molecule has 12 rings (SSSR count). The van der Waals surface area contributed by atoms with Gasteiger partial charge >= 0.3 is 0 Å². The summed E-state index contributed by atoms with van der Waals surface area (Å²) in [6, 6.07) is 71.6. The number of pyridine rings is 1. The smallest absolute Gasteiger partial charge is 0.164 e. The van der Waals surface area contributed by atoms with Crippen LogP contribution in [0.15, 0.2) is 211 Å². The summed E-state index contributed by atoms with van der Waals surface area (Å²) in [7, 11) is 0. The zero-order valence-electron chi connectivity index (χ0n) is 32.8. The van der Waals surface area contributed by atoms with E-state index in [1.54, 1.807) is 0 Å². The summed E-state index contributed by atoms with van der Waals surface area (Å²) in [5.74, 6) is 1.92. The fourth-order valence-corrected chi connectivity index (χ4v) is 8.80. The van der Waals surface area contributed by atoms with E-state index in [-0.39, 0.29) is 0 Å². The van der Waals surface area contributed by atoms with E-state index in [0.717, 1.165) is 88.4 Å². The second-order valence-electron chi connectivity index (χ2n) is 15.3. The lowest BCUT2D eigenvalue weighted by Gasteiger charge is -2.16. The van der Waals surface area contributed by atoms with Gasteiger partial charge in [0.05, 0.1) is 11.2 Å². The summed E-state index contributed by atoms with van der Waals surface area (Å²) in [6.45, 7) is 0. The molecular formula is C56H34N4O. The van der Waals surface area contributed by atoms with E-state index in [1.165, 1.54) is 16.2 Å². The molecule has 12 aromatic rings. The van der Waals surface area contributed by atoms with Gasteiger partial charge in [0.15, 0.2) is 17.5 Å². The zero-order chi connectivity index (χ0) is 40.3. The van der Waals surface area contributed by atoms with E-state index < -0.39 is 0 Å². The fraction of sp³-hybridized carbons (Fsp3) is 0. The van der Waals surface area contributed by atoms with Crippen LogP contribution in [-0.4, -0.2) is 19.9 Å². The van der Waals surface area contributed by atoms with Gasteiger partial charge in [-0.15, -0.1) is 0 Å². The van der Waals surface area contributed by atoms with Crippen LogP contribution in [0.25, 0.3) is 122 Å². The Morgan fingerprint density at radius 3 is 1.48 bits per heavy atom. The van der Waals surface area contributed by atoms with Crippen LogP contribution in [0.4, 0.5) is 0 Å². The Labute approximate surface area is 351 Å². The lowest BCUT2D eigenvalue weighted by molar-refractivity contribution is 0.669. The topological polar surface area (TPSA) is 64.7 Å². The number of aromatic nitrogens is 4. The molecule has 0 saturated heterocycles. The lowest BCUT2D eigenvalue weighted by Crippen LogP contribution is -2.00. The van der Waals surface area contributed by atoms with Crippen molar-refractivity contribution in [3.05, 3.63) is 206 Å². The Morgan fingerprint density at radius 1 is 0.279 bits per heavy atom. The highest BCUT2D eigenvalue weighted by atomic mass is 16.3. The summed E-state index contributed by atoms with van der Waals surface area (Å²) < 4.78 is 6.34. The van der Waals surface area contributed by atoms with Gasteiger partial charge in [-0.3, -0.25) is 0 Å². The first-order valence-corrected chi connectivity index (χ1v) is 20.5. The van der Waals surface area contributed by atoms with Gasteiger partial charge in [0.2, 0.25) is 0 Å². The van der Waals surface area contributed by atoms with Crippen molar-refractivity contribution < 1.29 is 4.42 Å². The molecule has 0 atom stereocenters. The Morgan fingerprint density at radius 2 is 0.787 bits per heavy atom. The third-order valence-electron chi connectivity index (χ3n) is 11.7. The quantitative estimate of drug-likeness (QED) is 0.157. The summed E-state index contributed by atoms with van der Waals surface area (Å²) in [5.41, 5.74) is 11.9. The first-order valence-electron chi connectivity index (χ1n) is 20.5. The first kappa shape index (κ1) is 34.7. The highest BCUT2D eigenvalue weighted by molar-refractivity contribution is 6.25. The zero-order valence-corrected chi connectivity index (χ0v) is 32.8. The van der Waals surface area contributed by atoms with Crippen molar-refractivity contribution in [1.82, 2.24) is 19.9 Å². The molecule has 0 spiro atoms. The van der Waals surface area contributed by atoms with Crippen molar-refractivity contribution in [1.29, 1.82) is 0 Å². The number of nitrogens with zero attached hydrogens (tertiary/aromatic N) is 4. The van der Waals surface area contributed by atoms with Gasteiger partial charge < -0.3 is 4.42 Å². The molecule has 0 bridgehead atoms. The second kappa shape index (κ2) is 14.2. The van der Waals surface area contributed by atoms with Gasteiger partial charge in [-0.25, -0.2) is 19.9 Å². The van der Waals surface area contributed by atoms with Gasteiger partial charge in [-0.1, -0.05) is 194 Å². The number of hydrogen-bond acceptors (Lipinski definition) is 5. The van der Waals surface area contributed by atoms with Gasteiger partial charge in [0, 0.05) is 54.7 Å². The maximum absolute atomic E-state index is 6.34. The van der Waals surface area contributed by atoms with Crippen molar-refractivity contribution in [3.63, 3.8) is 0 Å². The molecule has 0 aliphatic heterocycles. The Balaban J connectivity index is 0.967. The van der Waals surface area contributed by atoms with Gasteiger partial charge in [0.1, 0.15) is 11.2 Å². The number of furan rings is 1. The van der Waals surface area contributed by atoms with Crippen molar-refractivity contribution in [2.24, 2.45) is 0 Å². The molecule has 0 saturated carbocycles. The Kier molecular flexibility index (Phi) is 8.10. The van der Waals surface area contributed by atoms with E-state index in [4.69, 9.17) is 24.4 Å². The maximum atomic E-state index is 6.34. The standard InChI is InChI=1S/C56H34N4O/c1-3-14-39(15-4-1)54-58-55(40-16-5-2-6-17-40)60-56(59-54)41-31-27-36(28-32-41)35-25-29-38(30-26-35)52-47-34-33-37-13-7-8-18-42(37)50(47)46-22-11-21-44(53(46)57-52)43-20-12-24-49-51(43)45-19-9-10-23-48(45)61-49/h1-34H. The monoisotopic (exact) mass is 778 g/mol. The molecule has 61 heavy (non-hydrogen) atoms. The first-order chi connectivity index (χ1) is 30.2. The van der Waals surface area contributed by atoms with Crippen LogP contribution in [0.2, 0.25) is 0 Å². The Hall–Kier alpha value is -8.28. The molecular weight excluding hydrogens is 745 g/mol. The van der Waals surface area contributed by atoms with E-state index >= 15 is 0 Å². The van der Waals surface area contributed by atoms with Crippen LogP contribution < -0.4 is 0 Å². The van der Waals surface area contributed by atoms with E-state index in [0.29, 0.717) is 17.5 Å². The van der Waals surface area contributed by atoms with Crippen molar-refractivity contribution in [2.75, 3.05) is 0 Å². The number of fused-ring (bicyclic) bond motifs is 8. The molecule has 0 fully saturated rings. The minimum absolute atomic E-state index is 0.632. The maximum Gasteiger partial charge on any atom is 0.164 e. The number of para-hydroxylation sites is 2. The number of benzene rings is 9. The average molecular weight is 779 g/mol. The molecule has 0 N–H and O–H groups in total. The third kappa shape index (κ3) is 5.94. The summed E-state index contributed by atoms with van der Waals surface area (Å²) in [6.07, 6.45) is 0. The number of hydrogen-bond donors (Lipinski definition) is 0. The molecule has 9 aromatic carbocycles. The summed E-state index contributed by atoms with van der Waals surface area (Å²) in [5, 5.41) is 8.06. The van der Waals surface area contributed by atoms with Crippen LogP contribution >= 0.6 is 0 Å². The molecule has 0 aliphatic rings. The average Bonchev–Trinajstić information content (AvgIpc) is 3.73. The van der Waals surface area contributed by atoms with E-state index in [2.05, 4.69) is 133 Å². The molecule has 5 heteroatoms. The van der Waals surface area contributed by atoms with Gasteiger partial charge in [-0.05, 0) is 39.6 Å². The molecule has 0 aliphatic carbocycles. The van der Waals surface area contributed by atoms with Gasteiger partial charge in [0.25, 0.3) is 0 Å². The predicted molar refractivity (Wildman–Crippen MR) is 250 cm³/mol. The predicted octanol–water partition coefficient (Wildman–Crippen LogP) is 14.6. The Bertz CT molecular complexity index is 3560. The van der Waals surface area contributed by atoms with Gasteiger partial charge in [-0.2, -0.15) is 0 Å². The van der Waals surface area contributed by atoms with Crippen LogP contribution in [0.1, 0.15) is 0 Å². The van der Waals surface area contributed by atoms with Crippen LogP contribution in [0.5, 0.6) is 0 Å². The molecule has 3 heterocycles. The van der Waals surface area contributed by atoms with E-state index in [9.17, 15) is 0 Å². The second-order valence-corrected chi connectivity index (χ2v) is 15.3. The van der Waals surface area contributed by atoms with Crippen LogP contribution in [0, 0.1) is 0 Å². The SMILES string of the molecule is c1ccc(-c2nc(-c3ccccc3)nc(-c3ccc(-c4ccc(-c5nc6c(-c7cccc8oc9ccccc9c78)cccc6c6c5ccc5ccccc56)cc4)cc3)n2)cc1. The van der Waals surface area contributed by atoms with Crippen LogP contribution in [0.3, 0.4) is 0 Å². The fourth-order valence-electron chi connectivity index (χ4n) is 8.80. The molecule has 284 valence electrons. The molecule has 0 amide bonds.